The Hall–Kier alpha value is -1.92. The lowest BCUT2D eigenvalue weighted by Gasteiger charge is -2.08. The Morgan fingerprint density at radius 1 is 1.22 bits per heavy atom. The van der Waals surface area contributed by atoms with Gasteiger partial charge >= 0.3 is 5.97 Å². The highest BCUT2D eigenvalue weighted by Gasteiger charge is 2.22. The zero-order chi connectivity index (χ0) is 13.9. The number of ether oxygens (including phenoxy) is 1. The summed E-state index contributed by atoms with van der Waals surface area (Å²) in [5.41, 5.74) is -1.27. The van der Waals surface area contributed by atoms with E-state index < -0.39 is 41.5 Å². The topological polar surface area (TPSA) is 39.2 Å². The number of pyridine rings is 1. The molecule has 1 rings (SSSR count). The van der Waals surface area contributed by atoms with Gasteiger partial charge in [0.2, 0.25) is 0 Å². The fourth-order valence-corrected chi connectivity index (χ4v) is 1.20. The Morgan fingerprint density at radius 2 is 1.72 bits per heavy atom. The first-order chi connectivity index (χ1) is 8.38. The second kappa shape index (κ2) is 5.61. The molecule has 0 amide bonds. The molecule has 0 saturated heterocycles. The smallest absolute Gasteiger partial charge is 0.333 e. The van der Waals surface area contributed by atoms with Crippen LogP contribution in [0.4, 0.5) is 17.6 Å². The van der Waals surface area contributed by atoms with Crippen molar-refractivity contribution >= 4 is 5.97 Å². The van der Waals surface area contributed by atoms with Gasteiger partial charge in [-0.25, -0.2) is 13.6 Å². The maximum atomic E-state index is 13.2. The Balaban J connectivity index is 3.05. The second-order valence-electron chi connectivity index (χ2n) is 3.30. The molecule has 0 fully saturated rings. The van der Waals surface area contributed by atoms with Crippen LogP contribution < -0.4 is 0 Å². The predicted molar refractivity (Wildman–Crippen MR) is 53.5 cm³/mol. The number of rotatable bonds is 4. The summed E-state index contributed by atoms with van der Waals surface area (Å²) in [4.78, 5) is 13.6. The van der Waals surface area contributed by atoms with Crippen LogP contribution in [0.2, 0.25) is 0 Å². The first-order valence-corrected chi connectivity index (χ1v) is 4.92. The third-order valence-corrected chi connectivity index (χ3v) is 2.04. The van der Waals surface area contributed by atoms with Crippen LogP contribution in [-0.2, 0) is 16.0 Å². The van der Waals surface area contributed by atoms with Gasteiger partial charge in [0.1, 0.15) is 0 Å². The van der Waals surface area contributed by atoms with Gasteiger partial charge in [0.25, 0.3) is 11.9 Å². The van der Waals surface area contributed by atoms with Crippen LogP contribution >= 0.6 is 0 Å². The molecule has 0 saturated carbocycles. The molecule has 18 heavy (non-hydrogen) atoms. The van der Waals surface area contributed by atoms with Crippen molar-refractivity contribution in [3.8, 4) is 0 Å². The SMILES string of the molecule is C=C(Cc1c(F)c(F)nc(F)c1F)C(=O)OCC. The summed E-state index contributed by atoms with van der Waals surface area (Å²) in [5.74, 6) is -7.76. The van der Waals surface area contributed by atoms with Crippen LogP contribution in [0.25, 0.3) is 0 Å². The molecule has 0 spiro atoms. The monoisotopic (exact) mass is 263 g/mol. The number of hydrogen-bond acceptors (Lipinski definition) is 3. The number of carbonyl (C=O) groups is 1. The number of halogens is 4. The maximum absolute atomic E-state index is 13.2. The van der Waals surface area contributed by atoms with Crippen LogP contribution in [0.3, 0.4) is 0 Å². The van der Waals surface area contributed by atoms with Crippen molar-refractivity contribution in [1.82, 2.24) is 4.98 Å². The number of carbonyl (C=O) groups excluding carboxylic acids is 1. The molecular weight excluding hydrogens is 254 g/mol. The van der Waals surface area contributed by atoms with Crippen LogP contribution in [0, 0.1) is 23.5 Å². The standard InChI is InChI=1S/C11H9F4NO2/c1-3-18-11(17)5(2)4-6-7(12)9(14)16-10(15)8(6)13/h2-4H2,1H3. The average Bonchev–Trinajstić information content (AvgIpc) is 2.32. The van der Waals surface area contributed by atoms with E-state index in [1.54, 1.807) is 0 Å². The molecule has 0 aliphatic rings. The van der Waals surface area contributed by atoms with Gasteiger partial charge in [0.15, 0.2) is 11.6 Å². The number of aromatic nitrogens is 1. The van der Waals surface area contributed by atoms with Crippen molar-refractivity contribution in [3.05, 3.63) is 41.2 Å². The Bertz CT molecular complexity index is 476. The highest BCUT2D eigenvalue weighted by Crippen LogP contribution is 2.19. The fourth-order valence-electron chi connectivity index (χ4n) is 1.20. The highest BCUT2D eigenvalue weighted by atomic mass is 19.2. The van der Waals surface area contributed by atoms with E-state index in [1.807, 2.05) is 0 Å². The van der Waals surface area contributed by atoms with Gasteiger partial charge < -0.3 is 4.74 Å². The molecule has 0 atom stereocenters. The van der Waals surface area contributed by atoms with Gasteiger partial charge in [0.05, 0.1) is 6.61 Å². The number of hydrogen-bond donors (Lipinski definition) is 0. The predicted octanol–water partition coefficient (Wildman–Crippen LogP) is 2.30. The van der Waals surface area contributed by atoms with Crippen LogP contribution in [-0.4, -0.2) is 17.6 Å². The van der Waals surface area contributed by atoms with Gasteiger partial charge in [-0.15, -0.1) is 0 Å². The third-order valence-electron chi connectivity index (χ3n) is 2.04. The minimum Gasteiger partial charge on any atom is -0.463 e. The summed E-state index contributed by atoms with van der Waals surface area (Å²) in [7, 11) is 0. The molecule has 0 aliphatic carbocycles. The van der Waals surface area contributed by atoms with Crippen LogP contribution in [0.5, 0.6) is 0 Å². The van der Waals surface area contributed by atoms with E-state index in [0.717, 1.165) is 0 Å². The van der Waals surface area contributed by atoms with Crippen molar-refractivity contribution < 1.29 is 27.1 Å². The van der Waals surface area contributed by atoms with E-state index in [1.165, 1.54) is 6.92 Å². The summed E-state index contributed by atoms with van der Waals surface area (Å²) < 4.78 is 56.5. The molecule has 98 valence electrons. The minimum absolute atomic E-state index is 0.0435. The molecular formula is C11H9F4NO2. The van der Waals surface area contributed by atoms with Crippen molar-refractivity contribution in [2.75, 3.05) is 6.61 Å². The van der Waals surface area contributed by atoms with Gasteiger partial charge in [-0.05, 0) is 6.92 Å². The highest BCUT2D eigenvalue weighted by molar-refractivity contribution is 5.88. The van der Waals surface area contributed by atoms with E-state index in [4.69, 9.17) is 0 Å². The van der Waals surface area contributed by atoms with Crippen molar-refractivity contribution in [2.45, 2.75) is 13.3 Å². The summed E-state index contributed by atoms with van der Waals surface area (Å²) in [6.07, 6.45) is -0.702. The van der Waals surface area contributed by atoms with Gasteiger partial charge in [0, 0.05) is 17.6 Å². The van der Waals surface area contributed by atoms with Gasteiger partial charge in [-0.2, -0.15) is 13.8 Å². The van der Waals surface area contributed by atoms with Gasteiger partial charge in [-0.3, -0.25) is 0 Å². The van der Waals surface area contributed by atoms with Crippen molar-refractivity contribution in [2.24, 2.45) is 0 Å². The van der Waals surface area contributed by atoms with E-state index in [2.05, 4.69) is 16.3 Å². The number of nitrogens with zero attached hydrogens (tertiary/aromatic N) is 1. The molecule has 1 heterocycles. The second-order valence-corrected chi connectivity index (χ2v) is 3.30. The Kier molecular flexibility index (Phi) is 4.41. The Morgan fingerprint density at radius 3 is 2.17 bits per heavy atom. The molecule has 0 aliphatic heterocycles. The van der Waals surface area contributed by atoms with Crippen LogP contribution in [0.1, 0.15) is 12.5 Å². The first-order valence-electron chi connectivity index (χ1n) is 4.92. The summed E-state index contributed by atoms with van der Waals surface area (Å²) in [6.45, 7) is 4.81. The minimum atomic E-state index is -1.78. The maximum Gasteiger partial charge on any atom is 0.333 e. The van der Waals surface area contributed by atoms with Crippen molar-refractivity contribution in [1.29, 1.82) is 0 Å². The zero-order valence-electron chi connectivity index (χ0n) is 9.40. The summed E-state index contributed by atoms with van der Waals surface area (Å²) in [6, 6.07) is 0. The molecule has 3 nitrogen and oxygen atoms in total. The Labute approximate surface area is 100 Å². The lowest BCUT2D eigenvalue weighted by atomic mass is 10.1. The molecule has 1 aromatic heterocycles. The zero-order valence-corrected chi connectivity index (χ0v) is 9.40. The average molecular weight is 263 g/mol. The number of esters is 1. The first kappa shape index (κ1) is 14.1. The summed E-state index contributed by atoms with van der Waals surface area (Å²) >= 11 is 0. The molecule has 1 aromatic rings. The normalized spacial score (nSPS) is 10.3. The van der Waals surface area contributed by atoms with Gasteiger partial charge in [-0.1, -0.05) is 6.58 Å². The summed E-state index contributed by atoms with van der Waals surface area (Å²) in [5, 5.41) is 0. The lowest BCUT2D eigenvalue weighted by molar-refractivity contribution is -0.138. The molecule has 0 bridgehead atoms. The quantitative estimate of drug-likeness (QED) is 0.362. The van der Waals surface area contributed by atoms with Crippen molar-refractivity contribution in [3.63, 3.8) is 0 Å². The molecule has 0 radical (unpaired) electrons. The third kappa shape index (κ3) is 2.85. The lowest BCUT2D eigenvalue weighted by Crippen LogP contribution is -2.13. The molecule has 7 heteroatoms. The fraction of sp³-hybridized carbons (Fsp3) is 0.273. The van der Waals surface area contributed by atoms with E-state index in [0.29, 0.717) is 0 Å². The molecule has 0 aromatic carbocycles. The van der Waals surface area contributed by atoms with E-state index in [-0.39, 0.29) is 12.2 Å². The van der Waals surface area contributed by atoms with E-state index >= 15 is 0 Å². The van der Waals surface area contributed by atoms with Crippen LogP contribution in [0.15, 0.2) is 12.2 Å². The molecule has 0 unspecified atom stereocenters. The van der Waals surface area contributed by atoms with E-state index in [9.17, 15) is 22.4 Å². The molecule has 0 N–H and O–H groups in total. The largest absolute Gasteiger partial charge is 0.463 e.